The van der Waals surface area contributed by atoms with Crippen molar-refractivity contribution in [2.45, 2.75) is 32.4 Å². The standard InChI is InChI=1S/C13H19N5/c1-9-5-6-11-12(15-9)18(13(14)16-11)8-10-4-3-7-17(10)2/h5-6,10H,3-4,7-8H2,1-2H3,(H2,14,16). The highest BCUT2D eigenvalue weighted by Gasteiger charge is 2.23. The summed E-state index contributed by atoms with van der Waals surface area (Å²) in [5.41, 5.74) is 8.82. The van der Waals surface area contributed by atoms with Crippen LogP contribution in [0.3, 0.4) is 0 Å². The van der Waals surface area contributed by atoms with Gasteiger partial charge in [-0.2, -0.15) is 0 Å². The second-order valence-corrected chi connectivity index (χ2v) is 5.15. The second kappa shape index (κ2) is 4.24. The summed E-state index contributed by atoms with van der Waals surface area (Å²) in [6, 6.07) is 4.51. The number of nitrogen functional groups attached to an aromatic ring is 1. The van der Waals surface area contributed by atoms with E-state index in [2.05, 4.69) is 26.5 Å². The van der Waals surface area contributed by atoms with Gasteiger partial charge < -0.3 is 10.6 Å². The fraction of sp³-hybridized carbons (Fsp3) is 0.538. The molecular formula is C13H19N5. The number of hydrogen-bond donors (Lipinski definition) is 1. The van der Waals surface area contributed by atoms with Gasteiger partial charge in [-0.15, -0.1) is 0 Å². The topological polar surface area (TPSA) is 60.0 Å². The van der Waals surface area contributed by atoms with E-state index in [0.29, 0.717) is 12.0 Å². The summed E-state index contributed by atoms with van der Waals surface area (Å²) >= 11 is 0. The van der Waals surface area contributed by atoms with Gasteiger partial charge in [-0.3, -0.25) is 4.57 Å². The van der Waals surface area contributed by atoms with Gasteiger partial charge in [-0.1, -0.05) is 0 Å². The van der Waals surface area contributed by atoms with Crippen LogP contribution in [0.1, 0.15) is 18.5 Å². The van der Waals surface area contributed by atoms with Crippen LogP contribution in [-0.2, 0) is 6.54 Å². The zero-order valence-electron chi connectivity index (χ0n) is 10.9. The summed E-state index contributed by atoms with van der Waals surface area (Å²) in [6.07, 6.45) is 2.49. The molecule has 0 aromatic carbocycles. The van der Waals surface area contributed by atoms with Crippen LogP contribution in [0.5, 0.6) is 0 Å². The molecule has 0 amide bonds. The van der Waals surface area contributed by atoms with E-state index in [1.165, 1.54) is 19.4 Å². The molecule has 0 bridgehead atoms. The number of imidazole rings is 1. The molecule has 0 spiro atoms. The molecule has 2 N–H and O–H groups in total. The first-order chi connectivity index (χ1) is 8.65. The van der Waals surface area contributed by atoms with Crippen LogP contribution in [-0.4, -0.2) is 39.1 Å². The molecule has 3 rings (SSSR count). The molecule has 96 valence electrons. The molecule has 2 aromatic heterocycles. The van der Waals surface area contributed by atoms with Crippen LogP contribution in [0.4, 0.5) is 5.95 Å². The molecular weight excluding hydrogens is 226 g/mol. The summed E-state index contributed by atoms with van der Waals surface area (Å²) in [5.74, 6) is 0.573. The number of likely N-dealkylation sites (tertiary alicyclic amines) is 1. The van der Waals surface area contributed by atoms with Gasteiger partial charge >= 0.3 is 0 Å². The van der Waals surface area contributed by atoms with E-state index < -0.39 is 0 Å². The third-order valence-corrected chi connectivity index (χ3v) is 3.83. The molecule has 1 unspecified atom stereocenters. The van der Waals surface area contributed by atoms with Crippen molar-refractivity contribution in [1.29, 1.82) is 0 Å². The van der Waals surface area contributed by atoms with Crippen molar-refractivity contribution in [1.82, 2.24) is 19.4 Å². The number of fused-ring (bicyclic) bond motifs is 1. The quantitative estimate of drug-likeness (QED) is 0.869. The van der Waals surface area contributed by atoms with Gasteiger partial charge in [0.15, 0.2) is 5.65 Å². The molecule has 1 aliphatic heterocycles. The van der Waals surface area contributed by atoms with Gasteiger partial charge in [-0.05, 0) is 45.5 Å². The maximum absolute atomic E-state index is 6.02. The van der Waals surface area contributed by atoms with Crippen molar-refractivity contribution in [2.75, 3.05) is 19.3 Å². The Balaban J connectivity index is 1.99. The van der Waals surface area contributed by atoms with Crippen LogP contribution in [0.15, 0.2) is 12.1 Å². The van der Waals surface area contributed by atoms with Crippen LogP contribution in [0, 0.1) is 6.92 Å². The van der Waals surface area contributed by atoms with Gasteiger partial charge in [0.2, 0.25) is 5.95 Å². The number of pyridine rings is 1. The Hall–Kier alpha value is -1.62. The Bertz CT molecular complexity index is 574. The Morgan fingerprint density at radius 2 is 2.22 bits per heavy atom. The minimum Gasteiger partial charge on any atom is -0.369 e. The molecule has 18 heavy (non-hydrogen) atoms. The summed E-state index contributed by atoms with van der Waals surface area (Å²) in [4.78, 5) is 11.3. The van der Waals surface area contributed by atoms with E-state index in [1.807, 2.05) is 19.1 Å². The Morgan fingerprint density at radius 3 is 2.94 bits per heavy atom. The molecule has 5 nitrogen and oxygen atoms in total. The van der Waals surface area contributed by atoms with Crippen molar-refractivity contribution >= 4 is 17.1 Å². The minimum absolute atomic E-state index is 0.548. The summed E-state index contributed by atoms with van der Waals surface area (Å²) in [5, 5.41) is 0. The number of likely N-dealkylation sites (N-methyl/N-ethyl adjacent to an activating group) is 1. The van der Waals surface area contributed by atoms with Crippen LogP contribution >= 0.6 is 0 Å². The highest BCUT2D eigenvalue weighted by atomic mass is 15.2. The fourth-order valence-electron chi connectivity index (χ4n) is 2.71. The third kappa shape index (κ3) is 1.84. The zero-order valence-corrected chi connectivity index (χ0v) is 10.9. The van der Waals surface area contributed by atoms with Gasteiger partial charge in [-0.25, -0.2) is 9.97 Å². The predicted molar refractivity (Wildman–Crippen MR) is 72.3 cm³/mol. The lowest BCUT2D eigenvalue weighted by Crippen LogP contribution is -2.29. The highest BCUT2D eigenvalue weighted by molar-refractivity contribution is 5.74. The first-order valence-corrected chi connectivity index (χ1v) is 6.45. The van der Waals surface area contributed by atoms with E-state index in [0.717, 1.165) is 23.4 Å². The van der Waals surface area contributed by atoms with Crippen molar-refractivity contribution in [2.24, 2.45) is 0 Å². The van der Waals surface area contributed by atoms with Crippen molar-refractivity contribution in [3.8, 4) is 0 Å². The summed E-state index contributed by atoms with van der Waals surface area (Å²) in [6.45, 7) is 4.05. The average Bonchev–Trinajstić information content (AvgIpc) is 2.86. The Kier molecular flexibility index (Phi) is 2.70. The molecule has 1 fully saturated rings. The number of aryl methyl sites for hydroxylation is 1. The zero-order chi connectivity index (χ0) is 12.7. The average molecular weight is 245 g/mol. The van der Waals surface area contributed by atoms with Crippen LogP contribution in [0.25, 0.3) is 11.2 Å². The van der Waals surface area contributed by atoms with Crippen molar-refractivity contribution in [3.63, 3.8) is 0 Å². The lowest BCUT2D eigenvalue weighted by molar-refractivity contribution is 0.285. The molecule has 1 saturated heterocycles. The van der Waals surface area contributed by atoms with Crippen molar-refractivity contribution < 1.29 is 0 Å². The number of hydrogen-bond acceptors (Lipinski definition) is 4. The monoisotopic (exact) mass is 245 g/mol. The first-order valence-electron chi connectivity index (χ1n) is 6.45. The smallest absolute Gasteiger partial charge is 0.202 e. The maximum Gasteiger partial charge on any atom is 0.202 e. The summed E-state index contributed by atoms with van der Waals surface area (Å²) < 4.78 is 2.05. The molecule has 1 aliphatic rings. The minimum atomic E-state index is 0.548. The highest BCUT2D eigenvalue weighted by Crippen LogP contribution is 2.21. The first kappa shape index (κ1) is 11.5. The van der Waals surface area contributed by atoms with E-state index in [-0.39, 0.29) is 0 Å². The molecule has 3 heterocycles. The molecule has 0 saturated carbocycles. The van der Waals surface area contributed by atoms with E-state index in [4.69, 9.17) is 5.73 Å². The second-order valence-electron chi connectivity index (χ2n) is 5.15. The van der Waals surface area contributed by atoms with E-state index in [9.17, 15) is 0 Å². The van der Waals surface area contributed by atoms with Gasteiger partial charge in [0.1, 0.15) is 5.52 Å². The maximum atomic E-state index is 6.02. The lowest BCUT2D eigenvalue weighted by atomic mass is 10.2. The number of nitrogens with two attached hydrogens (primary N) is 1. The number of rotatable bonds is 2. The number of anilines is 1. The van der Waals surface area contributed by atoms with Crippen LogP contribution < -0.4 is 5.73 Å². The van der Waals surface area contributed by atoms with Crippen molar-refractivity contribution in [3.05, 3.63) is 17.8 Å². The molecule has 0 radical (unpaired) electrons. The molecule has 2 aromatic rings. The number of nitrogens with zero attached hydrogens (tertiary/aromatic N) is 4. The SMILES string of the molecule is Cc1ccc2nc(N)n(CC3CCCN3C)c2n1. The van der Waals surface area contributed by atoms with Crippen LogP contribution in [0.2, 0.25) is 0 Å². The lowest BCUT2D eigenvalue weighted by Gasteiger charge is -2.20. The molecule has 1 atom stereocenters. The Morgan fingerprint density at radius 1 is 1.39 bits per heavy atom. The van der Waals surface area contributed by atoms with Gasteiger partial charge in [0.05, 0.1) is 0 Å². The Labute approximate surface area is 107 Å². The summed E-state index contributed by atoms with van der Waals surface area (Å²) in [7, 11) is 2.17. The third-order valence-electron chi connectivity index (χ3n) is 3.83. The fourth-order valence-corrected chi connectivity index (χ4v) is 2.71. The largest absolute Gasteiger partial charge is 0.369 e. The molecule has 5 heteroatoms. The predicted octanol–water partition coefficient (Wildman–Crippen LogP) is 1.42. The molecule has 0 aliphatic carbocycles. The normalized spacial score (nSPS) is 20.9. The van der Waals surface area contributed by atoms with E-state index in [1.54, 1.807) is 0 Å². The van der Waals surface area contributed by atoms with E-state index >= 15 is 0 Å². The van der Waals surface area contributed by atoms with Gasteiger partial charge in [0.25, 0.3) is 0 Å². The van der Waals surface area contributed by atoms with Gasteiger partial charge in [0, 0.05) is 18.3 Å². The number of aromatic nitrogens is 3.